The van der Waals surface area contributed by atoms with Gasteiger partial charge in [0, 0.05) is 4.47 Å². The lowest BCUT2D eigenvalue weighted by Gasteiger charge is -2.10. The number of nitrogens with zero attached hydrogens (tertiary/aromatic N) is 1. The van der Waals surface area contributed by atoms with E-state index in [1.165, 1.54) is 6.07 Å². The van der Waals surface area contributed by atoms with Gasteiger partial charge in [-0.05, 0) is 13.0 Å². The van der Waals surface area contributed by atoms with Crippen molar-refractivity contribution in [3.05, 3.63) is 27.5 Å². The summed E-state index contributed by atoms with van der Waals surface area (Å²) < 4.78 is 30.4. The van der Waals surface area contributed by atoms with Crippen molar-refractivity contribution in [1.29, 1.82) is 0 Å². The summed E-state index contributed by atoms with van der Waals surface area (Å²) in [5.41, 5.74) is -0.546. The van der Waals surface area contributed by atoms with E-state index in [4.69, 9.17) is 11.6 Å². The minimum Gasteiger partial charge on any atom is -0.461 e. The maximum absolute atomic E-state index is 12.8. The Balaban J connectivity index is 3.32. The van der Waals surface area contributed by atoms with Crippen molar-refractivity contribution in [2.45, 2.75) is 19.2 Å². The molecule has 0 spiro atoms. The Morgan fingerprint density at radius 1 is 1.65 bits per heavy atom. The fourth-order valence-corrected chi connectivity index (χ4v) is 1.97. The van der Waals surface area contributed by atoms with Gasteiger partial charge in [0.1, 0.15) is 0 Å². The van der Waals surface area contributed by atoms with Gasteiger partial charge < -0.3 is 4.74 Å². The van der Waals surface area contributed by atoms with E-state index in [1.54, 1.807) is 6.92 Å². The van der Waals surface area contributed by atoms with Gasteiger partial charge in [0.2, 0.25) is 0 Å². The molecule has 0 bridgehead atoms. The molecule has 0 aliphatic carbocycles. The molecule has 0 aliphatic rings. The van der Waals surface area contributed by atoms with Crippen LogP contribution in [0.25, 0.3) is 0 Å². The zero-order chi connectivity index (χ0) is 13.0. The summed E-state index contributed by atoms with van der Waals surface area (Å²) in [7, 11) is 0. The molecule has 7 heteroatoms. The minimum atomic E-state index is -2.82. The Morgan fingerprint density at radius 3 is 2.76 bits per heavy atom. The second-order valence-corrected chi connectivity index (χ2v) is 4.13. The molecule has 0 saturated carbocycles. The predicted octanol–water partition coefficient (Wildman–Crippen LogP) is 3.70. The van der Waals surface area contributed by atoms with Gasteiger partial charge in [-0.25, -0.2) is 18.6 Å². The number of carbonyl (C=O) groups is 1. The monoisotopic (exact) mass is 327 g/mol. The number of ether oxygens (including phenoxy) is 1. The third-order valence-corrected chi connectivity index (χ3v) is 2.81. The van der Waals surface area contributed by atoms with Crippen molar-refractivity contribution in [2.24, 2.45) is 0 Å². The molecule has 0 aliphatic heterocycles. The van der Waals surface area contributed by atoms with Crippen molar-refractivity contribution in [1.82, 2.24) is 4.98 Å². The van der Waals surface area contributed by atoms with Crippen molar-refractivity contribution >= 4 is 33.5 Å². The zero-order valence-corrected chi connectivity index (χ0v) is 11.2. The van der Waals surface area contributed by atoms with Crippen LogP contribution in [0.15, 0.2) is 10.5 Å². The summed E-state index contributed by atoms with van der Waals surface area (Å²) in [5, 5.41) is 0. The number of hydrogen-bond acceptors (Lipinski definition) is 3. The molecule has 1 aromatic heterocycles. The van der Waals surface area contributed by atoms with Crippen molar-refractivity contribution in [3.63, 3.8) is 0 Å². The van der Waals surface area contributed by atoms with Gasteiger partial charge >= 0.3 is 5.97 Å². The Kier molecular flexibility index (Phi) is 5.27. The standard InChI is InChI=1S/C10H9BrClF2NO2/c1-2-17-10(16)8-7(9(13)14)6(11)3-5(4-12)15-8/h3,9H,2,4H2,1H3. The van der Waals surface area contributed by atoms with Gasteiger partial charge in [0.25, 0.3) is 6.43 Å². The van der Waals surface area contributed by atoms with Crippen LogP contribution in [0.1, 0.15) is 35.1 Å². The minimum absolute atomic E-state index is 0.0223. The first-order valence-electron chi connectivity index (χ1n) is 4.71. The third kappa shape index (κ3) is 3.35. The van der Waals surface area contributed by atoms with E-state index in [2.05, 4.69) is 25.7 Å². The van der Waals surface area contributed by atoms with Crippen LogP contribution in [0, 0.1) is 0 Å². The molecule has 0 saturated heterocycles. The highest BCUT2D eigenvalue weighted by atomic mass is 79.9. The normalized spacial score (nSPS) is 10.7. The SMILES string of the molecule is CCOC(=O)c1nc(CCl)cc(Br)c1C(F)F. The Hall–Kier alpha value is -0.750. The van der Waals surface area contributed by atoms with Crippen LogP contribution >= 0.6 is 27.5 Å². The second-order valence-electron chi connectivity index (χ2n) is 3.01. The molecule has 1 heterocycles. The lowest BCUT2D eigenvalue weighted by molar-refractivity contribution is 0.0507. The van der Waals surface area contributed by atoms with Crippen LogP contribution in [0.5, 0.6) is 0 Å². The lowest BCUT2D eigenvalue weighted by Crippen LogP contribution is -2.13. The molecule has 1 rings (SSSR count). The van der Waals surface area contributed by atoms with Crippen LogP contribution in [0.2, 0.25) is 0 Å². The number of alkyl halides is 3. The third-order valence-electron chi connectivity index (χ3n) is 1.89. The number of pyridine rings is 1. The Labute approximate surface area is 110 Å². The topological polar surface area (TPSA) is 39.2 Å². The highest BCUT2D eigenvalue weighted by Crippen LogP contribution is 2.31. The number of aromatic nitrogens is 1. The molecule has 3 nitrogen and oxygen atoms in total. The van der Waals surface area contributed by atoms with Crippen LogP contribution in [-0.4, -0.2) is 17.6 Å². The highest BCUT2D eigenvalue weighted by Gasteiger charge is 2.24. The summed E-state index contributed by atoms with van der Waals surface area (Å²) in [6.45, 7) is 1.67. The van der Waals surface area contributed by atoms with Crippen LogP contribution in [-0.2, 0) is 10.6 Å². The number of hydrogen-bond donors (Lipinski definition) is 0. The van der Waals surface area contributed by atoms with Gasteiger partial charge in [-0.15, -0.1) is 11.6 Å². The van der Waals surface area contributed by atoms with Gasteiger partial charge in [0.05, 0.1) is 23.7 Å². The summed E-state index contributed by atoms with van der Waals surface area (Å²) in [4.78, 5) is 15.3. The molecule has 0 amide bonds. The quantitative estimate of drug-likeness (QED) is 0.625. The van der Waals surface area contributed by atoms with E-state index < -0.39 is 23.7 Å². The number of esters is 1. The largest absolute Gasteiger partial charge is 0.461 e. The van der Waals surface area contributed by atoms with E-state index in [0.717, 1.165) is 0 Å². The fourth-order valence-electron chi connectivity index (χ4n) is 1.20. The molecule has 0 atom stereocenters. The van der Waals surface area contributed by atoms with Gasteiger partial charge in [-0.2, -0.15) is 0 Å². The first-order chi connectivity index (χ1) is 8.01. The molecule has 94 valence electrons. The van der Waals surface area contributed by atoms with Crippen LogP contribution in [0.4, 0.5) is 8.78 Å². The molecule has 0 N–H and O–H groups in total. The second kappa shape index (κ2) is 6.26. The Bertz CT molecular complexity index is 429. The maximum Gasteiger partial charge on any atom is 0.357 e. The van der Waals surface area contributed by atoms with Crippen LogP contribution in [0.3, 0.4) is 0 Å². The number of rotatable bonds is 4. The van der Waals surface area contributed by atoms with Gasteiger partial charge in [0.15, 0.2) is 5.69 Å². The van der Waals surface area contributed by atoms with E-state index in [-0.39, 0.29) is 17.0 Å². The highest BCUT2D eigenvalue weighted by molar-refractivity contribution is 9.10. The lowest BCUT2D eigenvalue weighted by atomic mass is 10.2. The summed E-state index contributed by atoms with van der Waals surface area (Å²) >= 11 is 8.53. The molecule has 0 aromatic carbocycles. The number of carbonyl (C=O) groups excluding carboxylic acids is 1. The van der Waals surface area contributed by atoms with Crippen LogP contribution < -0.4 is 0 Å². The van der Waals surface area contributed by atoms with E-state index in [9.17, 15) is 13.6 Å². The predicted molar refractivity (Wildman–Crippen MR) is 62.4 cm³/mol. The summed E-state index contributed by atoms with van der Waals surface area (Å²) in [5.74, 6) is -0.857. The molecule has 0 radical (unpaired) electrons. The molecular weight excluding hydrogens is 319 g/mol. The average molecular weight is 329 g/mol. The zero-order valence-electron chi connectivity index (χ0n) is 8.84. The van der Waals surface area contributed by atoms with E-state index in [1.807, 2.05) is 0 Å². The molecule has 0 unspecified atom stereocenters. The van der Waals surface area contributed by atoms with Gasteiger partial charge in [-0.3, -0.25) is 0 Å². The first kappa shape index (κ1) is 14.3. The van der Waals surface area contributed by atoms with Gasteiger partial charge in [-0.1, -0.05) is 15.9 Å². The number of halogens is 4. The van der Waals surface area contributed by atoms with E-state index >= 15 is 0 Å². The molecule has 1 aromatic rings. The Morgan fingerprint density at radius 2 is 2.29 bits per heavy atom. The summed E-state index contributed by atoms with van der Waals surface area (Å²) in [6, 6.07) is 1.36. The summed E-state index contributed by atoms with van der Waals surface area (Å²) in [6.07, 6.45) is -2.82. The molecular formula is C10H9BrClF2NO2. The van der Waals surface area contributed by atoms with Crippen molar-refractivity contribution in [2.75, 3.05) is 6.61 Å². The molecule has 0 fully saturated rings. The maximum atomic E-state index is 12.8. The van der Waals surface area contributed by atoms with Crippen molar-refractivity contribution in [3.8, 4) is 0 Å². The average Bonchev–Trinajstić information content (AvgIpc) is 2.27. The molecule has 17 heavy (non-hydrogen) atoms. The van der Waals surface area contributed by atoms with Crippen molar-refractivity contribution < 1.29 is 18.3 Å². The first-order valence-corrected chi connectivity index (χ1v) is 6.04. The van der Waals surface area contributed by atoms with E-state index in [0.29, 0.717) is 5.69 Å². The fraction of sp³-hybridized carbons (Fsp3) is 0.400. The smallest absolute Gasteiger partial charge is 0.357 e.